The largest absolute Gasteiger partial charge is 0.383 e. The first kappa shape index (κ1) is 15.7. The Labute approximate surface area is 132 Å². The Bertz CT molecular complexity index is 472. The molecule has 1 aliphatic rings. The normalized spacial score (nSPS) is 16.6. The average Bonchev–Trinajstić information content (AvgIpc) is 2.47. The molecule has 20 heavy (non-hydrogen) atoms. The van der Waals surface area contributed by atoms with E-state index in [1.165, 1.54) is 6.33 Å². The maximum Gasteiger partial charge on any atom is 0.266 e. The molecule has 1 saturated heterocycles. The summed E-state index contributed by atoms with van der Waals surface area (Å²) in [5.74, 6) is 1.52. The van der Waals surface area contributed by atoms with Crippen LogP contribution in [0.4, 0.5) is 5.82 Å². The molecular formula is C13H21IN4O2. The van der Waals surface area contributed by atoms with Gasteiger partial charge in [0.15, 0.2) is 0 Å². The molecule has 2 N–H and O–H groups in total. The Balaban J connectivity index is 1.82. The summed E-state index contributed by atoms with van der Waals surface area (Å²) in [5, 5.41) is 3.42. The van der Waals surface area contributed by atoms with Gasteiger partial charge in [-0.15, -0.1) is 0 Å². The fourth-order valence-corrected chi connectivity index (χ4v) is 3.06. The number of ether oxygens (including phenoxy) is 1. The van der Waals surface area contributed by atoms with Crippen molar-refractivity contribution < 1.29 is 4.74 Å². The third kappa shape index (κ3) is 4.16. The van der Waals surface area contributed by atoms with Crippen molar-refractivity contribution >= 4 is 28.4 Å². The van der Waals surface area contributed by atoms with Crippen LogP contribution in [-0.4, -0.2) is 49.9 Å². The first-order chi connectivity index (χ1) is 9.72. The monoisotopic (exact) mass is 392 g/mol. The predicted molar refractivity (Wildman–Crippen MR) is 87.3 cm³/mol. The summed E-state index contributed by atoms with van der Waals surface area (Å²) in [6, 6.07) is 0. The number of methoxy groups -OCH3 is 1. The van der Waals surface area contributed by atoms with Crippen molar-refractivity contribution in [2.24, 2.45) is 5.92 Å². The Kier molecular flexibility index (Phi) is 6.24. The van der Waals surface area contributed by atoms with Crippen molar-refractivity contribution in [1.82, 2.24) is 15.3 Å². The van der Waals surface area contributed by atoms with Gasteiger partial charge in [0.05, 0.1) is 12.9 Å². The highest BCUT2D eigenvalue weighted by molar-refractivity contribution is 14.1. The molecule has 0 aromatic carbocycles. The SMILES string of the molecule is COCCNCC1CCN(c2nc[nH]c(=O)c2I)CC1. The summed E-state index contributed by atoms with van der Waals surface area (Å²) in [7, 11) is 1.72. The second kappa shape index (κ2) is 7.94. The summed E-state index contributed by atoms with van der Waals surface area (Å²) in [5.41, 5.74) is -0.0565. The Hall–Kier alpha value is -0.670. The van der Waals surface area contributed by atoms with Crippen LogP contribution in [0.3, 0.4) is 0 Å². The van der Waals surface area contributed by atoms with Crippen LogP contribution in [0.2, 0.25) is 0 Å². The van der Waals surface area contributed by atoms with Crippen LogP contribution in [0.15, 0.2) is 11.1 Å². The first-order valence-corrected chi connectivity index (χ1v) is 7.98. The number of aromatic amines is 1. The molecule has 1 fully saturated rings. The minimum absolute atomic E-state index is 0.0565. The summed E-state index contributed by atoms with van der Waals surface area (Å²) < 4.78 is 5.70. The second-order valence-corrected chi connectivity index (χ2v) is 6.08. The summed E-state index contributed by atoms with van der Waals surface area (Å²) in [4.78, 5) is 20.7. The van der Waals surface area contributed by atoms with Crippen LogP contribution in [-0.2, 0) is 4.74 Å². The van der Waals surface area contributed by atoms with Gasteiger partial charge in [0.25, 0.3) is 5.56 Å². The number of nitrogens with one attached hydrogen (secondary N) is 2. The number of piperidine rings is 1. The molecule has 0 bridgehead atoms. The van der Waals surface area contributed by atoms with E-state index < -0.39 is 0 Å². The molecule has 0 amide bonds. The van der Waals surface area contributed by atoms with Crippen LogP contribution < -0.4 is 15.8 Å². The van der Waals surface area contributed by atoms with Gasteiger partial charge in [0.2, 0.25) is 0 Å². The van der Waals surface area contributed by atoms with Gasteiger partial charge in [-0.05, 0) is 47.9 Å². The molecule has 0 aliphatic carbocycles. The lowest BCUT2D eigenvalue weighted by Gasteiger charge is -2.33. The third-order valence-corrected chi connectivity index (χ3v) is 4.58. The average molecular weight is 392 g/mol. The zero-order valence-corrected chi connectivity index (χ0v) is 13.9. The summed E-state index contributed by atoms with van der Waals surface area (Å²) in [6.45, 7) is 4.63. The van der Waals surface area contributed by atoms with Crippen molar-refractivity contribution in [2.45, 2.75) is 12.8 Å². The van der Waals surface area contributed by atoms with E-state index in [1.54, 1.807) is 7.11 Å². The van der Waals surface area contributed by atoms with E-state index >= 15 is 0 Å². The predicted octanol–water partition coefficient (Wildman–Crippen LogP) is 0.827. The Morgan fingerprint density at radius 2 is 2.30 bits per heavy atom. The number of anilines is 1. The van der Waals surface area contributed by atoms with Gasteiger partial charge in [0.1, 0.15) is 9.39 Å². The van der Waals surface area contributed by atoms with Crippen molar-refractivity contribution in [3.63, 3.8) is 0 Å². The van der Waals surface area contributed by atoms with E-state index in [0.717, 1.165) is 51.4 Å². The van der Waals surface area contributed by atoms with Gasteiger partial charge in [0, 0.05) is 26.7 Å². The van der Waals surface area contributed by atoms with Gasteiger partial charge in [-0.3, -0.25) is 4.79 Å². The number of H-pyrrole nitrogens is 1. The quantitative estimate of drug-likeness (QED) is 0.555. The molecule has 1 aromatic heterocycles. The zero-order valence-electron chi connectivity index (χ0n) is 11.7. The van der Waals surface area contributed by atoms with Gasteiger partial charge in [-0.25, -0.2) is 4.98 Å². The minimum atomic E-state index is -0.0565. The topological polar surface area (TPSA) is 70.2 Å². The molecule has 1 aliphatic heterocycles. The molecule has 0 spiro atoms. The summed E-state index contributed by atoms with van der Waals surface area (Å²) >= 11 is 2.07. The van der Waals surface area contributed by atoms with E-state index in [1.807, 2.05) is 0 Å². The standard InChI is InChI=1S/C13H21IN4O2/c1-20-7-4-15-8-10-2-5-18(6-3-10)12-11(14)13(19)17-9-16-12/h9-10,15H,2-8H2,1H3,(H,16,17,19). The minimum Gasteiger partial charge on any atom is -0.383 e. The van der Waals surface area contributed by atoms with Gasteiger partial charge in [-0.1, -0.05) is 0 Å². The van der Waals surface area contributed by atoms with Crippen molar-refractivity contribution in [1.29, 1.82) is 0 Å². The van der Waals surface area contributed by atoms with E-state index in [9.17, 15) is 4.79 Å². The van der Waals surface area contributed by atoms with Crippen molar-refractivity contribution in [2.75, 3.05) is 44.8 Å². The molecule has 0 unspecified atom stereocenters. The molecule has 2 rings (SSSR count). The van der Waals surface area contributed by atoms with Crippen LogP contribution in [0.25, 0.3) is 0 Å². The number of halogens is 1. The fraction of sp³-hybridized carbons (Fsp3) is 0.692. The molecule has 0 atom stereocenters. The molecule has 1 aromatic rings. The van der Waals surface area contributed by atoms with Gasteiger partial charge in [-0.2, -0.15) is 0 Å². The van der Waals surface area contributed by atoms with Crippen LogP contribution >= 0.6 is 22.6 Å². The van der Waals surface area contributed by atoms with Crippen molar-refractivity contribution in [3.8, 4) is 0 Å². The van der Waals surface area contributed by atoms with E-state index in [4.69, 9.17) is 4.74 Å². The molecule has 112 valence electrons. The number of rotatable bonds is 6. The molecule has 7 heteroatoms. The van der Waals surface area contributed by atoms with E-state index in [0.29, 0.717) is 9.49 Å². The number of aromatic nitrogens is 2. The van der Waals surface area contributed by atoms with Crippen LogP contribution in [0, 0.1) is 9.49 Å². The number of hydrogen-bond acceptors (Lipinski definition) is 5. The lowest BCUT2D eigenvalue weighted by molar-refractivity contribution is 0.196. The molecule has 0 saturated carbocycles. The van der Waals surface area contributed by atoms with Crippen molar-refractivity contribution in [3.05, 3.63) is 20.3 Å². The van der Waals surface area contributed by atoms with Gasteiger partial charge < -0.3 is 19.9 Å². The van der Waals surface area contributed by atoms with E-state index in [2.05, 4.69) is 42.8 Å². The molecule has 2 heterocycles. The Morgan fingerprint density at radius 3 is 3.00 bits per heavy atom. The highest BCUT2D eigenvalue weighted by Crippen LogP contribution is 2.23. The number of nitrogens with zero attached hydrogens (tertiary/aromatic N) is 2. The van der Waals surface area contributed by atoms with Crippen LogP contribution in [0.5, 0.6) is 0 Å². The lowest BCUT2D eigenvalue weighted by Crippen LogP contribution is -2.39. The van der Waals surface area contributed by atoms with Crippen LogP contribution in [0.1, 0.15) is 12.8 Å². The maximum absolute atomic E-state index is 11.6. The smallest absolute Gasteiger partial charge is 0.266 e. The second-order valence-electron chi connectivity index (χ2n) is 5.00. The highest BCUT2D eigenvalue weighted by Gasteiger charge is 2.22. The zero-order chi connectivity index (χ0) is 14.4. The maximum atomic E-state index is 11.6. The van der Waals surface area contributed by atoms with Gasteiger partial charge >= 0.3 is 0 Å². The summed E-state index contributed by atoms with van der Waals surface area (Å²) in [6.07, 6.45) is 3.74. The first-order valence-electron chi connectivity index (χ1n) is 6.90. The molecule has 6 nitrogen and oxygen atoms in total. The number of hydrogen-bond donors (Lipinski definition) is 2. The molecular weight excluding hydrogens is 371 g/mol. The third-order valence-electron chi connectivity index (χ3n) is 3.61. The fourth-order valence-electron chi connectivity index (χ4n) is 2.42. The van der Waals surface area contributed by atoms with E-state index in [-0.39, 0.29) is 5.56 Å². The Morgan fingerprint density at radius 1 is 1.55 bits per heavy atom. The lowest BCUT2D eigenvalue weighted by atomic mass is 9.97. The molecule has 0 radical (unpaired) electrons. The highest BCUT2D eigenvalue weighted by atomic mass is 127.